The van der Waals surface area contributed by atoms with Crippen LogP contribution in [0.2, 0.25) is 0 Å². The van der Waals surface area contributed by atoms with E-state index >= 15 is 0 Å². The molecule has 0 rings (SSSR count). The normalized spacial score (nSPS) is 12.9. The molecule has 0 aliphatic carbocycles. The largest absolute Gasteiger partial charge is 0.303 e. The predicted molar refractivity (Wildman–Crippen MR) is 48.7 cm³/mol. The van der Waals surface area contributed by atoms with E-state index in [9.17, 15) is 9.59 Å². The number of carbonyl (C=O) groups is 2. The van der Waals surface area contributed by atoms with Gasteiger partial charge in [-0.2, -0.15) is 0 Å². The lowest BCUT2D eigenvalue weighted by Crippen LogP contribution is -1.97. The summed E-state index contributed by atoms with van der Waals surface area (Å²) in [5.41, 5.74) is 0. The number of carbonyl (C=O) groups excluding carboxylic acids is 2. The van der Waals surface area contributed by atoms with Crippen LogP contribution < -0.4 is 0 Å². The second-order valence-corrected chi connectivity index (χ2v) is 3.32. The topological polar surface area (TPSA) is 34.1 Å². The Kier molecular flexibility index (Phi) is 6.63. The molecule has 0 amide bonds. The average molecular weight is 169 g/mol. The van der Waals surface area contributed by atoms with Gasteiger partial charge < -0.3 is 9.59 Å². The maximum absolute atomic E-state index is 10.2. The third-order valence-electron chi connectivity index (χ3n) is 1.91. The second kappa shape index (κ2) is 7.01. The van der Waals surface area contributed by atoms with Crippen LogP contribution in [0.4, 0.5) is 0 Å². The van der Waals surface area contributed by atoms with Gasteiger partial charge in [0.15, 0.2) is 0 Å². The summed E-state index contributed by atoms with van der Waals surface area (Å²) >= 11 is 0. The Morgan fingerprint density at radius 2 is 2.00 bits per heavy atom. The van der Waals surface area contributed by atoms with Gasteiger partial charge in [-0.05, 0) is 12.8 Å². The van der Waals surface area contributed by atoms with Crippen molar-refractivity contribution < 1.29 is 9.59 Å². The molecule has 0 fully saturated rings. The van der Waals surface area contributed by atoms with Crippen LogP contribution in [0.15, 0.2) is 0 Å². The summed E-state index contributed by atoms with van der Waals surface area (Å²) in [7, 11) is 0. The Bertz CT molecular complexity index is 116. The monoisotopic (exact) mass is 169 g/mol. The predicted octanol–water partition coefficient (Wildman–Crippen LogP) is 2.18. The summed E-state index contributed by atoms with van der Waals surface area (Å²) in [5, 5.41) is 0. The lowest BCUT2D eigenvalue weighted by molar-refractivity contribution is -0.111. The van der Waals surface area contributed by atoms with Crippen LogP contribution in [0.5, 0.6) is 0 Å². The maximum atomic E-state index is 10.2. The lowest BCUT2D eigenvalue weighted by atomic mass is 10.0. The zero-order chi connectivity index (χ0) is 9.40. The molecule has 1 radical (unpaired) electrons. The highest BCUT2D eigenvalue weighted by Crippen LogP contribution is 2.11. The van der Waals surface area contributed by atoms with Crippen molar-refractivity contribution in [2.45, 2.75) is 39.5 Å². The van der Waals surface area contributed by atoms with Gasteiger partial charge in [-0.3, -0.25) is 0 Å². The SMILES string of the molecule is C[C](C=O)CCCCC(C)C=O. The summed E-state index contributed by atoms with van der Waals surface area (Å²) in [6, 6.07) is 0. The Hall–Kier alpha value is -0.660. The van der Waals surface area contributed by atoms with Crippen LogP contribution in [-0.2, 0) is 9.59 Å². The standard InChI is InChI=1S/C10H17O2/c1-9(7-11)5-3-4-6-10(2)8-12/h7-9H,3-6H2,1-2H3. The minimum absolute atomic E-state index is 0.168. The third kappa shape index (κ3) is 6.08. The first kappa shape index (κ1) is 11.3. The van der Waals surface area contributed by atoms with Crippen LogP contribution >= 0.6 is 0 Å². The van der Waals surface area contributed by atoms with Gasteiger partial charge in [0, 0.05) is 11.8 Å². The molecule has 69 valence electrons. The first-order valence-corrected chi connectivity index (χ1v) is 4.43. The summed E-state index contributed by atoms with van der Waals surface area (Å²) in [6.45, 7) is 3.76. The van der Waals surface area contributed by atoms with E-state index in [4.69, 9.17) is 0 Å². The molecule has 1 atom stereocenters. The van der Waals surface area contributed by atoms with Crippen molar-refractivity contribution in [3.63, 3.8) is 0 Å². The molecule has 2 heteroatoms. The molecule has 0 saturated heterocycles. The van der Waals surface area contributed by atoms with Gasteiger partial charge in [0.1, 0.15) is 12.6 Å². The quantitative estimate of drug-likeness (QED) is 0.432. The number of unbranched alkanes of at least 4 members (excludes halogenated alkanes) is 1. The van der Waals surface area contributed by atoms with E-state index in [0.717, 1.165) is 44.2 Å². The van der Waals surface area contributed by atoms with Gasteiger partial charge in [0.2, 0.25) is 0 Å². The fourth-order valence-corrected chi connectivity index (χ4v) is 0.997. The second-order valence-electron chi connectivity index (χ2n) is 3.32. The zero-order valence-corrected chi connectivity index (χ0v) is 7.88. The molecular weight excluding hydrogens is 152 g/mol. The Labute approximate surface area is 74.3 Å². The van der Waals surface area contributed by atoms with E-state index in [0.29, 0.717) is 0 Å². The van der Waals surface area contributed by atoms with Gasteiger partial charge in [-0.1, -0.05) is 26.7 Å². The van der Waals surface area contributed by atoms with Gasteiger partial charge in [-0.25, -0.2) is 0 Å². The van der Waals surface area contributed by atoms with Crippen molar-refractivity contribution >= 4 is 12.6 Å². The van der Waals surface area contributed by atoms with Gasteiger partial charge in [0.25, 0.3) is 0 Å². The average Bonchev–Trinajstić information content (AvgIpc) is 2.11. The van der Waals surface area contributed by atoms with Gasteiger partial charge in [0.05, 0.1) is 0 Å². The van der Waals surface area contributed by atoms with Crippen LogP contribution in [0.25, 0.3) is 0 Å². The van der Waals surface area contributed by atoms with E-state index in [1.807, 2.05) is 13.8 Å². The maximum Gasteiger partial charge on any atom is 0.126 e. The Balaban J connectivity index is 3.20. The van der Waals surface area contributed by atoms with Gasteiger partial charge >= 0.3 is 0 Å². The molecule has 0 spiro atoms. The van der Waals surface area contributed by atoms with Crippen LogP contribution in [0, 0.1) is 11.8 Å². The minimum atomic E-state index is 0.168. The highest BCUT2D eigenvalue weighted by molar-refractivity contribution is 5.67. The molecule has 12 heavy (non-hydrogen) atoms. The molecular formula is C10H17O2. The molecule has 0 saturated carbocycles. The smallest absolute Gasteiger partial charge is 0.126 e. The number of aldehydes is 2. The number of hydrogen-bond donors (Lipinski definition) is 0. The Morgan fingerprint density at radius 3 is 2.50 bits per heavy atom. The van der Waals surface area contributed by atoms with E-state index in [2.05, 4.69) is 0 Å². The van der Waals surface area contributed by atoms with Crippen LogP contribution in [0.1, 0.15) is 39.5 Å². The fourth-order valence-electron chi connectivity index (χ4n) is 0.997. The molecule has 0 heterocycles. The summed E-state index contributed by atoms with van der Waals surface area (Å²) in [6.07, 6.45) is 5.75. The molecule has 0 aromatic heterocycles. The van der Waals surface area contributed by atoms with Crippen LogP contribution in [-0.4, -0.2) is 12.6 Å². The van der Waals surface area contributed by atoms with E-state index < -0.39 is 0 Å². The summed E-state index contributed by atoms with van der Waals surface area (Å²) in [5.74, 6) is 1.07. The molecule has 2 nitrogen and oxygen atoms in total. The lowest BCUT2D eigenvalue weighted by Gasteiger charge is -2.04. The summed E-state index contributed by atoms with van der Waals surface area (Å²) in [4.78, 5) is 20.4. The van der Waals surface area contributed by atoms with Crippen molar-refractivity contribution in [1.29, 1.82) is 0 Å². The van der Waals surface area contributed by atoms with Crippen molar-refractivity contribution in [2.24, 2.45) is 5.92 Å². The molecule has 0 aromatic rings. The molecule has 0 aromatic carbocycles. The molecule has 0 aliphatic rings. The minimum Gasteiger partial charge on any atom is -0.303 e. The molecule has 0 N–H and O–H groups in total. The number of hydrogen-bond acceptors (Lipinski definition) is 2. The first-order valence-electron chi connectivity index (χ1n) is 4.43. The fraction of sp³-hybridized carbons (Fsp3) is 0.700. The zero-order valence-electron chi connectivity index (χ0n) is 7.88. The third-order valence-corrected chi connectivity index (χ3v) is 1.91. The van der Waals surface area contributed by atoms with Crippen molar-refractivity contribution in [3.8, 4) is 0 Å². The number of rotatable bonds is 7. The highest BCUT2D eigenvalue weighted by Gasteiger charge is 2.02. The summed E-state index contributed by atoms with van der Waals surface area (Å²) < 4.78 is 0. The first-order chi connectivity index (χ1) is 5.70. The molecule has 0 bridgehead atoms. The van der Waals surface area contributed by atoms with Crippen molar-refractivity contribution in [3.05, 3.63) is 5.92 Å². The van der Waals surface area contributed by atoms with Crippen LogP contribution in [0.3, 0.4) is 0 Å². The Morgan fingerprint density at radius 1 is 1.33 bits per heavy atom. The van der Waals surface area contributed by atoms with Crippen molar-refractivity contribution in [1.82, 2.24) is 0 Å². The van der Waals surface area contributed by atoms with Gasteiger partial charge in [-0.15, -0.1) is 0 Å². The molecule has 0 aliphatic heterocycles. The van der Waals surface area contributed by atoms with E-state index in [-0.39, 0.29) is 5.92 Å². The highest BCUT2D eigenvalue weighted by atomic mass is 16.1. The van der Waals surface area contributed by atoms with Crippen molar-refractivity contribution in [2.75, 3.05) is 0 Å². The molecule has 1 unspecified atom stereocenters. The van der Waals surface area contributed by atoms with E-state index in [1.165, 1.54) is 0 Å². The van der Waals surface area contributed by atoms with E-state index in [1.54, 1.807) is 0 Å².